The molecule has 1 aromatic carbocycles. The lowest BCUT2D eigenvalue weighted by Gasteiger charge is -2.00. The summed E-state index contributed by atoms with van der Waals surface area (Å²) in [6, 6.07) is 2.75. The molecule has 64 valence electrons. The van der Waals surface area contributed by atoms with Crippen molar-refractivity contribution in [1.82, 2.24) is 0 Å². The van der Waals surface area contributed by atoms with Crippen molar-refractivity contribution < 1.29 is 4.92 Å². The fraction of sp³-hybridized carbons (Fsp3) is 0.143. The van der Waals surface area contributed by atoms with Gasteiger partial charge in [-0.15, -0.1) is 0 Å². The largest absolute Gasteiger partial charge is 0.273 e. The normalized spacial score (nSPS) is 9.92. The van der Waals surface area contributed by atoms with Crippen LogP contribution < -0.4 is 0 Å². The van der Waals surface area contributed by atoms with Crippen molar-refractivity contribution in [3.8, 4) is 0 Å². The highest BCUT2D eigenvalue weighted by Gasteiger charge is 2.14. The number of nitrogens with zero attached hydrogens (tertiary/aromatic N) is 1. The first-order valence-corrected chi connectivity index (χ1v) is 3.88. The Kier molecular flexibility index (Phi) is 2.55. The van der Waals surface area contributed by atoms with E-state index in [2.05, 4.69) is 0 Å². The number of hydrogen-bond acceptors (Lipinski definition) is 2. The second kappa shape index (κ2) is 3.29. The van der Waals surface area contributed by atoms with E-state index < -0.39 is 4.92 Å². The summed E-state index contributed by atoms with van der Waals surface area (Å²) in [4.78, 5) is 9.90. The topological polar surface area (TPSA) is 43.1 Å². The van der Waals surface area contributed by atoms with Crippen LogP contribution in [-0.2, 0) is 0 Å². The molecular weight excluding hydrogens is 201 g/mol. The summed E-state index contributed by atoms with van der Waals surface area (Å²) in [5.74, 6) is 0. The molecule has 0 saturated heterocycles. The van der Waals surface area contributed by atoms with Crippen LogP contribution in [0.15, 0.2) is 12.1 Å². The highest BCUT2D eigenvalue weighted by molar-refractivity contribution is 6.42. The molecule has 0 unspecified atom stereocenters. The van der Waals surface area contributed by atoms with Gasteiger partial charge in [-0.05, 0) is 13.0 Å². The van der Waals surface area contributed by atoms with E-state index in [0.717, 1.165) is 0 Å². The average Bonchev–Trinajstić information content (AvgIpc) is 2.00. The number of halogens is 2. The summed E-state index contributed by atoms with van der Waals surface area (Å²) in [5, 5.41) is 11.0. The first kappa shape index (κ1) is 9.29. The standard InChI is InChI=1S/C7H5Cl2NO2/c1-4-6(10(11)12)3-2-5(8)7(4)9/h2-3H,1H3. The van der Waals surface area contributed by atoms with Crippen LogP contribution in [0.5, 0.6) is 0 Å². The fourth-order valence-corrected chi connectivity index (χ4v) is 1.20. The van der Waals surface area contributed by atoms with Crippen molar-refractivity contribution in [2.24, 2.45) is 0 Å². The molecule has 0 saturated carbocycles. The van der Waals surface area contributed by atoms with E-state index in [1.54, 1.807) is 6.92 Å². The predicted molar refractivity (Wildman–Crippen MR) is 47.9 cm³/mol. The highest BCUT2D eigenvalue weighted by atomic mass is 35.5. The van der Waals surface area contributed by atoms with Gasteiger partial charge < -0.3 is 0 Å². The number of nitro benzene ring substituents is 1. The summed E-state index contributed by atoms with van der Waals surface area (Å²) in [7, 11) is 0. The van der Waals surface area contributed by atoms with Crippen molar-refractivity contribution in [3.05, 3.63) is 37.9 Å². The second-order valence-corrected chi connectivity index (χ2v) is 3.05. The van der Waals surface area contributed by atoms with Gasteiger partial charge in [0.25, 0.3) is 5.69 Å². The van der Waals surface area contributed by atoms with E-state index in [1.165, 1.54) is 12.1 Å². The van der Waals surface area contributed by atoms with Gasteiger partial charge in [0.1, 0.15) is 0 Å². The Balaban J connectivity index is 3.36. The molecular formula is C7H5Cl2NO2. The van der Waals surface area contributed by atoms with Gasteiger partial charge in [0.05, 0.1) is 15.0 Å². The van der Waals surface area contributed by atoms with E-state index in [-0.39, 0.29) is 10.7 Å². The van der Waals surface area contributed by atoms with Crippen LogP contribution in [0.1, 0.15) is 5.56 Å². The van der Waals surface area contributed by atoms with Crippen LogP contribution in [0.2, 0.25) is 10.0 Å². The van der Waals surface area contributed by atoms with Crippen LogP contribution in [0.4, 0.5) is 5.69 Å². The van der Waals surface area contributed by atoms with Gasteiger partial charge >= 0.3 is 0 Å². The van der Waals surface area contributed by atoms with E-state index in [9.17, 15) is 10.1 Å². The van der Waals surface area contributed by atoms with Crippen molar-refractivity contribution in [2.45, 2.75) is 6.92 Å². The smallest absolute Gasteiger partial charge is 0.258 e. The Bertz CT molecular complexity index is 338. The lowest BCUT2D eigenvalue weighted by Crippen LogP contribution is -1.91. The molecule has 0 radical (unpaired) electrons. The molecule has 0 aromatic heterocycles. The predicted octanol–water partition coefficient (Wildman–Crippen LogP) is 3.21. The van der Waals surface area contributed by atoms with E-state index in [4.69, 9.17) is 23.2 Å². The minimum atomic E-state index is -0.489. The van der Waals surface area contributed by atoms with E-state index >= 15 is 0 Å². The Labute approximate surface area is 79.1 Å². The third-order valence-electron chi connectivity index (χ3n) is 1.51. The van der Waals surface area contributed by atoms with Gasteiger partial charge in [0.2, 0.25) is 0 Å². The third-order valence-corrected chi connectivity index (χ3v) is 2.41. The molecule has 0 aliphatic heterocycles. The minimum Gasteiger partial charge on any atom is -0.258 e. The third kappa shape index (κ3) is 1.52. The molecule has 0 aliphatic carbocycles. The fourth-order valence-electron chi connectivity index (χ4n) is 0.840. The van der Waals surface area contributed by atoms with Gasteiger partial charge in [-0.2, -0.15) is 0 Å². The lowest BCUT2D eigenvalue weighted by molar-refractivity contribution is -0.385. The summed E-state index contributed by atoms with van der Waals surface area (Å²) < 4.78 is 0. The highest BCUT2D eigenvalue weighted by Crippen LogP contribution is 2.31. The molecule has 1 rings (SSSR count). The molecule has 0 N–H and O–H groups in total. The summed E-state index contributed by atoms with van der Waals surface area (Å²) in [6.07, 6.45) is 0. The monoisotopic (exact) mass is 205 g/mol. The van der Waals surface area contributed by atoms with Crippen molar-refractivity contribution in [3.63, 3.8) is 0 Å². The Morgan fingerprint density at radius 3 is 2.50 bits per heavy atom. The molecule has 0 atom stereocenters. The molecule has 0 spiro atoms. The van der Waals surface area contributed by atoms with Gasteiger partial charge in [-0.3, -0.25) is 10.1 Å². The summed E-state index contributed by atoms with van der Waals surface area (Å²) >= 11 is 11.3. The maximum atomic E-state index is 10.4. The van der Waals surface area contributed by atoms with Crippen molar-refractivity contribution in [2.75, 3.05) is 0 Å². The number of hydrogen-bond donors (Lipinski definition) is 0. The van der Waals surface area contributed by atoms with Gasteiger partial charge in [-0.25, -0.2) is 0 Å². The molecule has 1 aromatic rings. The first-order chi connectivity index (χ1) is 5.54. The van der Waals surface area contributed by atoms with Crippen molar-refractivity contribution >= 4 is 28.9 Å². The van der Waals surface area contributed by atoms with E-state index in [1.807, 2.05) is 0 Å². The lowest BCUT2D eigenvalue weighted by atomic mass is 10.2. The summed E-state index contributed by atoms with van der Waals surface area (Å²) in [6.45, 7) is 1.56. The van der Waals surface area contributed by atoms with Gasteiger partial charge in [0, 0.05) is 11.6 Å². The van der Waals surface area contributed by atoms with Crippen LogP contribution in [0.3, 0.4) is 0 Å². The van der Waals surface area contributed by atoms with Gasteiger partial charge in [0.15, 0.2) is 0 Å². The second-order valence-electron chi connectivity index (χ2n) is 2.26. The van der Waals surface area contributed by atoms with Crippen LogP contribution >= 0.6 is 23.2 Å². The molecule has 0 heterocycles. The first-order valence-electron chi connectivity index (χ1n) is 3.13. The summed E-state index contributed by atoms with van der Waals surface area (Å²) in [5.41, 5.74) is 0.388. The Morgan fingerprint density at radius 2 is 2.00 bits per heavy atom. The Hall–Kier alpha value is -0.800. The van der Waals surface area contributed by atoms with Crippen LogP contribution in [-0.4, -0.2) is 4.92 Å². The Morgan fingerprint density at radius 1 is 1.42 bits per heavy atom. The maximum absolute atomic E-state index is 10.4. The quantitative estimate of drug-likeness (QED) is 0.522. The molecule has 0 amide bonds. The SMILES string of the molecule is Cc1c([N+](=O)[O-])ccc(Cl)c1Cl. The maximum Gasteiger partial charge on any atom is 0.273 e. The molecule has 0 fully saturated rings. The zero-order valence-corrected chi connectivity index (χ0v) is 7.69. The van der Waals surface area contributed by atoms with Crippen molar-refractivity contribution in [1.29, 1.82) is 0 Å². The molecule has 5 heteroatoms. The molecule has 0 aliphatic rings. The van der Waals surface area contributed by atoms with E-state index in [0.29, 0.717) is 10.6 Å². The molecule has 12 heavy (non-hydrogen) atoms. The zero-order valence-electron chi connectivity index (χ0n) is 6.17. The zero-order chi connectivity index (χ0) is 9.30. The number of rotatable bonds is 1. The van der Waals surface area contributed by atoms with Gasteiger partial charge in [-0.1, -0.05) is 23.2 Å². The average molecular weight is 206 g/mol. The number of benzene rings is 1. The molecule has 0 bridgehead atoms. The van der Waals surface area contributed by atoms with Crippen LogP contribution in [0.25, 0.3) is 0 Å². The van der Waals surface area contributed by atoms with Crippen LogP contribution in [0, 0.1) is 17.0 Å². The number of nitro groups is 1. The molecule has 3 nitrogen and oxygen atoms in total. The minimum absolute atomic E-state index is 0.00981.